The zero-order valence-electron chi connectivity index (χ0n) is 13.3. The van der Waals surface area contributed by atoms with Gasteiger partial charge in [-0.3, -0.25) is 4.79 Å². The topological polar surface area (TPSA) is 91.8 Å². The summed E-state index contributed by atoms with van der Waals surface area (Å²) in [7, 11) is 1.77. The highest BCUT2D eigenvalue weighted by Gasteiger charge is 2.32. The third-order valence-electron chi connectivity index (χ3n) is 4.01. The van der Waals surface area contributed by atoms with Crippen molar-refractivity contribution >= 4 is 38.6 Å². The van der Waals surface area contributed by atoms with Crippen LogP contribution in [0.3, 0.4) is 0 Å². The molecule has 2 aromatic rings. The number of carbonyl (C=O) groups is 2. The van der Waals surface area contributed by atoms with Gasteiger partial charge in [0.2, 0.25) is 5.91 Å². The Hall–Kier alpha value is -2.19. The quantitative estimate of drug-likeness (QED) is 0.818. The molecule has 7 nitrogen and oxygen atoms in total. The summed E-state index contributed by atoms with van der Waals surface area (Å²) in [5.74, 6) is -1.54. The van der Waals surface area contributed by atoms with Crippen LogP contribution in [0.5, 0.6) is 0 Å². The summed E-state index contributed by atoms with van der Waals surface area (Å²) in [4.78, 5) is 29.8. The molecule has 3 rings (SSSR count). The number of benzene rings is 1. The first-order chi connectivity index (χ1) is 11.5. The van der Waals surface area contributed by atoms with Crippen LogP contribution in [-0.4, -0.2) is 54.8 Å². The standard InChI is InChI=1S/C16H19N3O4S/c1-19(16-17-11-4-2-3-5-12(11)24-16)8-13(20)18-14(15(21)22)10-6-7-23-9-10/h2-5,10,14H,6-9H2,1H3,(H,18,20)(H,21,22). The van der Waals surface area contributed by atoms with Crippen molar-refractivity contribution in [2.75, 3.05) is 31.7 Å². The molecule has 1 fully saturated rings. The molecule has 8 heteroatoms. The molecule has 2 atom stereocenters. The second-order valence-electron chi connectivity index (χ2n) is 5.83. The highest BCUT2D eigenvalue weighted by atomic mass is 32.1. The number of ether oxygens (including phenoxy) is 1. The average molecular weight is 349 g/mol. The first-order valence-electron chi connectivity index (χ1n) is 7.71. The highest BCUT2D eigenvalue weighted by Crippen LogP contribution is 2.27. The fourth-order valence-electron chi connectivity index (χ4n) is 2.72. The van der Waals surface area contributed by atoms with E-state index < -0.39 is 12.0 Å². The van der Waals surface area contributed by atoms with Crippen LogP contribution < -0.4 is 10.2 Å². The van der Waals surface area contributed by atoms with Gasteiger partial charge >= 0.3 is 5.97 Å². The molecule has 0 radical (unpaired) electrons. The molecule has 2 N–H and O–H groups in total. The third kappa shape index (κ3) is 3.65. The third-order valence-corrected chi connectivity index (χ3v) is 5.16. The summed E-state index contributed by atoms with van der Waals surface area (Å²) >= 11 is 1.50. The predicted octanol–water partition coefficient (Wildman–Crippen LogP) is 1.34. The van der Waals surface area contributed by atoms with E-state index in [2.05, 4.69) is 10.3 Å². The number of rotatable bonds is 6. The normalized spacial score (nSPS) is 18.5. The number of thiazole rings is 1. The number of anilines is 1. The lowest BCUT2D eigenvalue weighted by Crippen LogP contribution is -2.49. The van der Waals surface area contributed by atoms with Gasteiger partial charge in [-0.2, -0.15) is 0 Å². The summed E-state index contributed by atoms with van der Waals surface area (Å²) in [5, 5.41) is 12.7. The monoisotopic (exact) mass is 349 g/mol. The lowest BCUT2D eigenvalue weighted by atomic mass is 9.99. The van der Waals surface area contributed by atoms with Crippen LogP contribution in [0.15, 0.2) is 24.3 Å². The van der Waals surface area contributed by atoms with E-state index in [1.807, 2.05) is 24.3 Å². The summed E-state index contributed by atoms with van der Waals surface area (Å²) in [5.41, 5.74) is 0.885. The summed E-state index contributed by atoms with van der Waals surface area (Å²) in [6.07, 6.45) is 0.644. The van der Waals surface area contributed by atoms with E-state index in [0.717, 1.165) is 15.3 Å². The van der Waals surface area contributed by atoms with Crippen molar-refractivity contribution in [3.63, 3.8) is 0 Å². The molecule has 2 heterocycles. The van der Waals surface area contributed by atoms with Crippen LogP contribution in [0.2, 0.25) is 0 Å². The van der Waals surface area contributed by atoms with Gasteiger partial charge in [-0.15, -0.1) is 0 Å². The molecule has 128 valence electrons. The Morgan fingerprint density at radius 1 is 1.50 bits per heavy atom. The fourth-order valence-corrected chi connectivity index (χ4v) is 3.65. The number of aliphatic carboxylic acids is 1. The van der Waals surface area contributed by atoms with E-state index in [-0.39, 0.29) is 18.4 Å². The molecular weight excluding hydrogens is 330 g/mol. The number of carboxylic acids is 1. The summed E-state index contributed by atoms with van der Waals surface area (Å²) < 4.78 is 6.27. The maximum atomic E-state index is 12.2. The maximum absolute atomic E-state index is 12.2. The van der Waals surface area contributed by atoms with E-state index in [0.29, 0.717) is 19.6 Å². The Balaban J connectivity index is 1.63. The van der Waals surface area contributed by atoms with Gasteiger partial charge in [0.15, 0.2) is 5.13 Å². The molecule has 1 aromatic carbocycles. The molecule has 0 spiro atoms. The molecule has 0 bridgehead atoms. The smallest absolute Gasteiger partial charge is 0.326 e. The maximum Gasteiger partial charge on any atom is 0.326 e. The number of hydrogen-bond acceptors (Lipinski definition) is 6. The lowest BCUT2D eigenvalue weighted by molar-refractivity contribution is -0.143. The second-order valence-corrected chi connectivity index (χ2v) is 6.84. The van der Waals surface area contributed by atoms with Crippen LogP contribution >= 0.6 is 11.3 Å². The molecule has 0 aliphatic carbocycles. The van der Waals surface area contributed by atoms with Crippen molar-refractivity contribution in [2.24, 2.45) is 5.92 Å². The second kappa shape index (κ2) is 7.14. The number of carbonyl (C=O) groups excluding carboxylic acids is 1. The summed E-state index contributed by atoms with van der Waals surface area (Å²) in [6.45, 7) is 0.956. The van der Waals surface area contributed by atoms with E-state index in [1.165, 1.54) is 11.3 Å². The van der Waals surface area contributed by atoms with E-state index in [1.54, 1.807) is 11.9 Å². The van der Waals surface area contributed by atoms with Crippen molar-refractivity contribution in [1.82, 2.24) is 10.3 Å². The zero-order chi connectivity index (χ0) is 17.1. The minimum Gasteiger partial charge on any atom is -0.480 e. The number of nitrogens with zero attached hydrogens (tertiary/aromatic N) is 2. The molecule has 1 aliphatic heterocycles. The van der Waals surface area contributed by atoms with Crippen LogP contribution in [0.25, 0.3) is 10.2 Å². The number of hydrogen-bond donors (Lipinski definition) is 2. The minimum absolute atomic E-state index is 0.0528. The number of amides is 1. The number of nitrogens with one attached hydrogen (secondary N) is 1. The first kappa shape index (κ1) is 16.7. The lowest BCUT2D eigenvalue weighted by Gasteiger charge is -2.21. The van der Waals surface area contributed by atoms with Crippen LogP contribution in [0, 0.1) is 5.92 Å². The first-order valence-corrected chi connectivity index (χ1v) is 8.53. The zero-order valence-corrected chi connectivity index (χ0v) is 14.1. The Bertz CT molecular complexity index is 709. The Labute approximate surface area is 143 Å². The summed E-state index contributed by atoms with van der Waals surface area (Å²) in [6, 6.07) is 6.84. The SMILES string of the molecule is CN(CC(=O)NC(C(=O)O)C1CCOC1)c1nc2ccccc2s1. The highest BCUT2D eigenvalue weighted by molar-refractivity contribution is 7.22. The molecule has 0 saturated carbocycles. The fraction of sp³-hybridized carbons (Fsp3) is 0.438. The van der Waals surface area contributed by atoms with Crippen molar-refractivity contribution < 1.29 is 19.4 Å². The molecule has 1 aliphatic rings. The van der Waals surface area contributed by atoms with E-state index in [9.17, 15) is 14.7 Å². The van der Waals surface area contributed by atoms with Crippen molar-refractivity contribution in [3.8, 4) is 0 Å². The molecule has 1 saturated heterocycles. The van der Waals surface area contributed by atoms with E-state index >= 15 is 0 Å². The van der Waals surface area contributed by atoms with Crippen molar-refractivity contribution in [2.45, 2.75) is 12.5 Å². The van der Waals surface area contributed by atoms with Gasteiger partial charge in [0.1, 0.15) is 6.04 Å². The average Bonchev–Trinajstić information content (AvgIpc) is 3.21. The predicted molar refractivity (Wildman–Crippen MR) is 91.4 cm³/mol. The van der Waals surface area contributed by atoms with Crippen molar-refractivity contribution in [1.29, 1.82) is 0 Å². The number of para-hydroxylation sites is 1. The van der Waals surface area contributed by atoms with Gasteiger partial charge in [-0.05, 0) is 18.6 Å². The minimum atomic E-state index is -1.03. The molecule has 24 heavy (non-hydrogen) atoms. The van der Waals surface area contributed by atoms with Gasteiger partial charge < -0.3 is 20.1 Å². The number of likely N-dealkylation sites (N-methyl/N-ethyl adjacent to an activating group) is 1. The number of fused-ring (bicyclic) bond motifs is 1. The number of aromatic nitrogens is 1. The van der Waals surface area contributed by atoms with Gasteiger partial charge in [0.25, 0.3) is 0 Å². The molecule has 1 amide bonds. The van der Waals surface area contributed by atoms with Gasteiger partial charge in [0.05, 0.1) is 23.4 Å². The van der Waals surface area contributed by atoms with E-state index in [4.69, 9.17) is 4.74 Å². The Kier molecular flexibility index (Phi) is 4.96. The Morgan fingerprint density at radius 3 is 2.96 bits per heavy atom. The van der Waals surface area contributed by atoms with Crippen LogP contribution in [0.1, 0.15) is 6.42 Å². The number of carboxylic acid groups (broad SMARTS) is 1. The largest absolute Gasteiger partial charge is 0.480 e. The van der Waals surface area contributed by atoms with Crippen LogP contribution in [0.4, 0.5) is 5.13 Å². The molecule has 2 unspecified atom stereocenters. The Morgan fingerprint density at radius 2 is 2.29 bits per heavy atom. The van der Waals surface area contributed by atoms with Gasteiger partial charge in [0, 0.05) is 19.6 Å². The van der Waals surface area contributed by atoms with Crippen molar-refractivity contribution in [3.05, 3.63) is 24.3 Å². The van der Waals surface area contributed by atoms with Gasteiger partial charge in [-0.25, -0.2) is 9.78 Å². The van der Waals surface area contributed by atoms with Crippen LogP contribution in [-0.2, 0) is 14.3 Å². The molecular formula is C16H19N3O4S. The van der Waals surface area contributed by atoms with Gasteiger partial charge in [-0.1, -0.05) is 23.5 Å². The molecule has 1 aromatic heterocycles.